The van der Waals surface area contributed by atoms with Gasteiger partial charge < -0.3 is 14.6 Å². The van der Waals surface area contributed by atoms with Crippen molar-refractivity contribution in [3.8, 4) is 10.6 Å². The lowest BCUT2D eigenvalue weighted by molar-refractivity contribution is 0.199. The van der Waals surface area contributed by atoms with Crippen molar-refractivity contribution in [2.75, 3.05) is 20.3 Å². The first-order valence-corrected chi connectivity index (χ1v) is 5.82. The van der Waals surface area contributed by atoms with E-state index in [2.05, 4.69) is 15.5 Å². The second-order valence-electron chi connectivity index (χ2n) is 3.22. The highest BCUT2D eigenvalue weighted by Crippen LogP contribution is 2.23. The average Bonchev–Trinajstić information content (AvgIpc) is 2.94. The molecule has 0 unspecified atom stereocenters. The molecule has 0 aliphatic heterocycles. The number of aromatic nitrogens is 2. The van der Waals surface area contributed by atoms with Crippen LogP contribution in [0.15, 0.2) is 22.3 Å². The highest BCUT2D eigenvalue weighted by molar-refractivity contribution is 7.13. The monoisotopic (exact) mass is 239 g/mol. The Kier molecular flexibility index (Phi) is 4.03. The first kappa shape index (κ1) is 11.3. The van der Waals surface area contributed by atoms with Crippen molar-refractivity contribution >= 4 is 11.3 Å². The van der Waals surface area contributed by atoms with Crippen LogP contribution in [0.4, 0.5) is 0 Å². The molecule has 0 bridgehead atoms. The predicted octanol–water partition coefficient (Wildman–Crippen LogP) is 1.53. The first-order chi connectivity index (χ1) is 7.90. The third-order valence-corrected chi connectivity index (χ3v) is 2.81. The van der Waals surface area contributed by atoms with Gasteiger partial charge in [-0.25, -0.2) is 0 Å². The van der Waals surface area contributed by atoms with Crippen molar-refractivity contribution in [1.82, 2.24) is 15.5 Å². The third-order valence-electron chi connectivity index (χ3n) is 2.02. The Morgan fingerprint density at radius 1 is 1.56 bits per heavy atom. The highest BCUT2D eigenvalue weighted by atomic mass is 32.1. The van der Waals surface area contributed by atoms with Gasteiger partial charge in [-0.3, -0.25) is 4.98 Å². The van der Waals surface area contributed by atoms with Crippen LogP contribution >= 0.6 is 11.3 Å². The maximum Gasteiger partial charge on any atom is 0.178 e. The summed E-state index contributed by atoms with van der Waals surface area (Å²) in [4.78, 5) is 4.99. The molecule has 0 saturated heterocycles. The molecule has 0 amide bonds. The van der Waals surface area contributed by atoms with Crippen LogP contribution in [0.1, 0.15) is 5.69 Å². The van der Waals surface area contributed by atoms with E-state index in [-0.39, 0.29) is 0 Å². The molecule has 0 spiro atoms. The smallest absolute Gasteiger partial charge is 0.178 e. The van der Waals surface area contributed by atoms with Gasteiger partial charge in [0.15, 0.2) is 5.76 Å². The molecule has 86 valence electrons. The van der Waals surface area contributed by atoms with Gasteiger partial charge in [0.1, 0.15) is 0 Å². The first-order valence-electron chi connectivity index (χ1n) is 4.94. The van der Waals surface area contributed by atoms with E-state index in [1.807, 2.05) is 6.07 Å². The summed E-state index contributed by atoms with van der Waals surface area (Å²) in [6.07, 6.45) is 1.77. The van der Waals surface area contributed by atoms with Crippen LogP contribution in [-0.4, -0.2) is 30.4 Å². The Balaban J connectivity index is 1.88. The molecule has 2 aromatic heterocycles. The molecule has 0 atom stereocenters. The van der Waals surface area contributed by atoms with Crippen LogP contribution in [0, 0.1) is 0 Å². The molecule has 1 N–H and O–H groups in total. The van der Waals surface area contributed by atoms with Crippen molar-refractivity contribution in [2.45, 2.75) is 6.54 Å². The summed E-state index contributed by atoms with van der Waals surface area (Å²) >= 11 is 1.54. The van der Waals surface area contributed by atoms with Gasteiger partial charge in [-0.15, -0.1) is 11.3 Å². The lowest BCUT2D eigenvalue weighted by atomic mass is 10.3. The fraction of sp³-hybridized carbons (Fsp3) is 0.400. The van der Waals surface area contributed by atoms with E-state index in [0.29, 0.717) is 13.2 Å². The zero-order valence-corrected chi connectivity index (χ0v) is 9.79. The SMILES string of the molecule is COCCNCc1cc(-c2cncs2)on1. The summed E-state index contributed by atoms with van der Waals surface area (Å²) in [5.41, 5.74) is 2.66. The van der Waals surface area contributed by atoms with Gasteiger partial charge in [0, 0.05) is 32.5 Å². The Labute approximate surface area is 97.4 Å². The summed E-state index contributed by atoms with van der Waals surface area (Å²) in [5.74, 6) is 0.769. The molecule has 0 aliphatic rings. The van der Waals surface area contributed by atoms with Crippen molar-refractivity contribution in [2.24, 2.45) is 0 Å². The zero-order valence-electron chi connectivity index (χ0n) is 8.97. The summed E-state index contributed by atoms with van der Waals surface area (Å²) in [6.45, 7) is 2.18. The normalized spacial score (nSPS) is 10.8. The highest BCUT2D eigenvalue weighted by Gasteiger charge is 2.07. The van der Waals surface area contributed by atoms with E-state index in [1.54, 1.807) is 18.8 Å². The van der Waals surface area contributed by atoms with E-state index in [1.165, 1.54) is 11.3 Å². The molecule has 0 aliphatic carbocycles. The summed E-state index contributed by atoms with van der Waals surface area (Å²) in [7, 11) is 1.68. The van der Waals surface area contributed by atoms with Gasteiger partial charge in [0.2, 0.25) is 0 Å². The number of nitrogens with zero attached hydrogens (tertiary/aromatic N) is 2. The Hall–Kier alpha value is -1.24. The topological polar surface area (TPSA) is 60.2 Å². The van der Waals surface area contributed by atoms with Crippen molar-refractivity contribution in [1.29, 1.82) is 0 Å². The van der Waals surface area contributed by atoms with E-state index in [9.17, 15) is 0 Å². The van der Waals surface area contributed by atoms with Crippen LogP contribution in [0.25, 0.3) is 10.6 Å². The molecule has 6 heteroatoms. The minimum Gasteiger partial charge on any atom is -0.383 e. The predicted molar refractivity (Wildman–Crippen MR) is 61.2 cm³/mol. The summed E-state index contributed by atoms with van der Waals surface area (Å²) in [5, 5.41) is 7.17. The number of nitrogens with one attached hydrogen (secondary N) is 1. The fourth-order valence-electron chi connectivity index (χ4n) is 1.24. The molecule has 0 aromatic carbocycles. The van der Waals surface area contributed by atoms with Gasteiger partial charge in [0.05, 0.1) is 22.7 Å². The molecule has 0 radical (unpaired) electrons. The lowest BCUT2D eigenvalue weighted by Gasteiger charge is -1.99. The fourth-order valence-corrected chi connectivity index (χ4v) is 1.81. The van der Waals surface area contributed by atoms with Gasteiger partial charge in [-0.2, -0.15) is 0 Å². The molecule has 16 heavy (non-hydrogen) atoms. The van der Waals surface area contributed by atoms with E-state index in [4.69, 9.17) is 9.26 Å². The van der Waals surface area contributed by atoms with Crippen LogP contribution in [0.2, 0.25) is 0 Å². The largest absolute Gasteiger partial charge is 0.383 e. The van der Waals surface area contributed by atoms with E-state index in [0.717, 1.165) is 22.9 Å². The Morgan fingerprint density at radius 2 is 2.50 bits per heavy atom. The molecule has 2 aromatic rings. The van der Waals surface area contributed by atoms with Gasteiger partial charge in [-0.05, 0) is 0 Å². The van der Waals surface area contributed by atoms with Crippen LogP contribution in [0.3, 0.4) is 0 Å². The van der Waals surface area contributed by atoms with Gasteiger partial charge in [0.25, 0.3) is 0 Å². The minimum atomic E-state index is 0.686. The number of thiazole rings is 1. The van der Waals surface area contributed by atoms with E-state index >= 15 is 0 Å². The second-order valence-corrected chi connectivity index (χ2v) is 4.10. The number of ether oxygens (including phenoxy) is 1. The standard InChI is InChI=1S/C10H13N3O2S/c1-14-3-2-11-5-8-4-9(15-13-8)10-6-12-7-16-10/h4,6-7,11H,2-3,5H2,1H3. The maximum absolute atomic E-state index is 5.22. The van der Waals surface area contributed by atoms with Gasteiger partial charge >= 0.3 is 0 Å². The molecule has 0 fully saturated rings. The molecule has 2 heterocycles. The average molecular weight is 239 g/mol. The minimum absolute atomic E-state index is 0.686. The number of hydrogen-bond donors (Lipinski definition) is 1. The van der Waals surface area contributed by atoms with Crippen molar-refractivity contribution in [3.63, 3.8) is 0 Å². The zero-order chi connectivity index (χ0) is 11.2. The maximum atomic E-state index is 5.22. The number of methoxy groups -OCH3 is 1. The molecule has 0 saturated carbocycles. The Bertz CT molecular complexity index is 413. The third kappa shape index (κ3) is 2.88. The molecular formula is C10H13N3O2S. The molecule has 5 nitrogen and oxygen atoms in total. The molecule has 2 rings (SSSR count). The summed E-state index contributed by atoms with van der Waals surface area (Å²) < 4.78 is 10.1. The number of hydrogen-bond acceptors (Lipinski definition) is 6. The number of rotatable bonds is 6. The quantitative estimate of drug-likeness (QED) is 0.775. The van der Waals surface area contributed by atoms with Crippen LogP contribution in [0.5, 0.6) is 0 Å². The van der Waals surface area contributed by atoms with Crippen molar-refractivity contribution < 1.29 is 9.26 Å². The lowest BCUT2D eigenvalue weighted by Crippen LogP contribution is -2.18. The second kappa shape index (κ2) is 5.74. The van der Waals surface area contributed by atoms with E-state index < -0.39 is 0 Å². The van der Waals surface area contributed by atoms with Crippen LogP contribution < -0.4 is 5.32 Å². The van der Waals surface area contributed by atoms with Crippen molar-refractivity contribution in [3.05, 3.63) is 23.5 Å². The van der Waals surface area contributed by atoms with Gasteiger partial charge in [-0.1, -0.05) is 5.16 Å². The summed E-state index contributed by atoms with van der Waals surface area (Å²) in [6, 6.07) is 1.92. The van der Waals surface area contributed by atoms with Crippen LogP contribution in [-0.2, 0) is 11.3 Å². The molecular weight excluding hydrogens is 226 g/mol. The Morgan fingerprint density at radius 3 is 3.25 bits per heavy atom.